The van der Waals surface area contributed by atoms with Crippen molar-refractivity contribution in [3.05, 3.63) is 52.8 Å². The van der Waals surface area contributed by atoms with Gasteiger partial charge in [-0.15, -0.1) is 0 Å². The Morgan fingerprint density at radius 2 is 2.08 bits per heavy atom. The first kappa shape index (κ1) is 16.8. The molecule has 3 rings (SSSR count). The fraction of sp³-hybridized carbons (Fsp3) is 0.368. The molecule has 0 spiro atoms. The molecule has 0 radical (unpaired) electrons. The van der Waals surface area contributed by atoms with Crippen LogP contribution in [-0.4, -0.2) is 28.9 Å². The number of piperidine rings is 1. The number of likely N-dealkylation sites (tertiary alicyclic amines) is 1. The zero-order chi connectivity index (χ0) is 17.1. The Morgan fingerprint density at radius 1 is 1.29 bits per heavy atom. The Bertz CT molecular complexity index is 730. The van der Waals surface area contributed by atoms with E-state index in [9.17, 15) is 4.79 Å². The Balaban J connectivity index is 1.68. The van der Waals surface area contributed by atoms with Crippen LogP contribution in [0.25, 0.3) is 0 Å². The van der Waals surface area contributed by atoms with Crippen molar-refractivity contribution in [3.63, 3.8) is 0 Å². The van der Waals surface area contributed by atoms with Crippen LogP contribution in [0.2, 0.25) is 5.02 Å². The summed E-state index contributed by atoms with van der Waals surface area (Å²) in [7, 11) is 0. The summed E-state index contributed by atoms with van der Waals surface area (Å²) in [5.74, 6) is 0.585. The summed E-state index contributed by atoms with van der Waals surface area (Å²) in [6.07, 6.45) is 3.95. The van der Waals surface area contributed by atoms with E-state index in [1.807, 2.05) is 36.1 Å². The molecule has 1 saturated heterocycles. The number of hydrogen-bond acceptors (Lipinski definition) is 3. The number of nitrogens with zero attached hydrogens (tertiary/aromatic N) is 2. The molecule has 5 heteroatoms. The van der Waals surface area contributed by atoms with Gasteiger partial charge >= 0.3 is 0 Å². The highest BCUT2D eigenvalue weighted by Gasteiger charge is 2.22. The van der Waals surface area contributed by atoms with Crippen molar-refractivity contribution < 1.29 is 4.79 Å². The van der Waals surface area contributed by atoms with Gasteiger partial charge in [-0.3, -0.25) is 4.79 Å². The molecule has 1 N–H and O–H groups in total. The summed E-state index contributed by atoms with van der Waals surface area (Å²) in [5, 5.41) is 3.97. The SMILES string of the molecule is Cc1ccc(Nc2ccc(C(=O)N3CCCC(C)C3)nc2)cc1Cl. The second kappa shape index (κ2) is 7.22. The molecule has 0 saturated carbocycles. The zero-order valence-electron chi connectivity index (χ0n) is 14.1. The van der Waals surface area contributed by atoms with Crippen molar-refractivity contribution in [1.82, 2.24) is 9.88 Å². The minimum absolute atomic E-state index is 0.0199. The predicted octanol–water partition coefficient (Wildman–Crippen LogP) is 4.66. The smallest absolute Gasteiger partial charge is 0.272 e. The van der Waals surface area contributed by atoms with Gasteiger partial charge in [0.1, 0.15) is 5.69 Å². The number of carbonyl (C=O) groups is 1. The Morgan fingerprint density at radius 3 is 2.75 bits per heavy atom. The van der Waals surface area contributed by atoms with E-state index in [0.29, 0.717) is 11.6 Å². The molecule has 1 atom stereocenters. The van der Waals surface area contributed by atoms with Crippen LogP contribution in [0.1, 0.15) is 35.8 Å². The van der Waals surface area contributed by atoms with Crippen LogP contribution in [0.15, 0.2) is 36.5 Å². The van der Waals surface area contributed by atoms with E-state index in [4.69, 9.17) is 11.6 Å². The van der Waals surface area contributed by atoms with E-state index < -0.39 is 0 Å². The third kappa shape index (κ3) is 3.88. The zero-order valence-corrected chi connectivity index (χ0v) is 14.8. The van der Waals surface area contributed by atoms with Crippen molar-refractivity contribution in [1.29, 1.82) is 0 Å². The van der Waals surface area contributed by atoms with Crippen molar-refractivity contribution in [2.24, 2.45) is 5.92 Å². The Hall–Kier alpha value is -2.07. The second-order valence-electron chi connectivity index (χ2n) is 6.52. The molecule has 1 aromatic carbocycles. The van der Waals surface area contributed by atoms with Crippen LogP contribution >= 0.6 is 11.6 Å². The van der Waals surface area contributed by atoms with Crippen molar-refractivity contribution >= 4 is 28.9 Å². The van der Waals surface area contributed by atoms with Crippen molar-refractivity contribution in [3.8, 4) is 0 Å². The number of halogens is 1. The average Bonchev–Trinajstić information content (AvgIpc) is 2.58. The lowest BCUT2D eigenvalue weighted by atomic mass is 10.00. The molecule has 2 heterocycles. The lowest BCUT2D eigenvalue weighted by molar-refractivity contribution is 0.0677. The molecule has 0 aliphatic carbocycles. The fourth-order valence-corrected chi connectivity index (χ4v) is 3.15. The van der Waals surface area contributed by atoms with E-state index in [1.54, 1.807) is 12.3 Å². The molecule has 0 bridgehead atoms. The van der Waals surface area contributed by atoms with E-state index >= 15 is 0 Å². The van der Waals surface area contributed by atoms with Gasteiger partial charge in [0, 0.05) is 23.8 Å². The first-order valence-corrected chi connectivity index (χ1v) is 8.69. The van der Waals surface area contributed by atoms with E-state index in [2.05, 4.69) is 17.2 Å². The molecule has 1 unspecified atom stereocenters. The largest absolute Gasteiger partial charge is 0.354 e. The molecule has 1 amide bonds. The van der Waals surface area contributed by atoms with Gasteiger partial charge in [-0.2, -0.15) is 0 Å². The summed E-state index contributed by atoms with van der Waals surface area (Å²) in [4.78, 5) is 18.8. The van der Waals surface area contributed by atoms with Crippen LogP contribution < -0.4 is 5.32 Å². The van der Waals surface area contributed by atoms with Crippen molar-refractivity contribution in [2.45, 2.75) is 26.7 Å². The average molecular weight is 344 g/mol. The first-order valence-electron chi connectivity index (χ1n) is 8.31. The number of anilines is 2. The number of aryl methyl sites for hydroxylation is 1. The molecule has 1 aliphatic rings. The summed E-state index contributed by atoms with van der Waals surface area (Å²) in [5.41, 5.74) is 3.27. The van der Waals surface area contributed by atoms with E-state index in [1.165, 1.54) is 6.42 Å². The maximum atomic E-state index is 12.5. The van der Waals surface area contributed by atoms with E-state index in [0.717, 1.165) is 41.5 Å². The first-order chi connectivity index (χ1) is 11.5. The Labute approximate surface area is 147 Å². The summed E-state index contributed by atoms with van der Waals surface area (Å²) < 4.78 is 0. The van der Waals surface area contributed by atoms with Gasteiger partial charge < -0.3 is 10.2 Å². The number of carbonyl (C=O) groups excluding carboxylic acids is 1. The third-order valence-electron chi connectivity index (χ3n) is 4.39. The summed E-state index contributed by atoms with van der Waals surface area (Å²) in [6, 6.07) is 9.47. The molecule has 1 aromatic heterocycles. The van der Waals surface area contributed by atoms with Gasteiger partial charge in [-0.05, 0) is 55.5 Å². The molecule has 2 aromatic rings. The van der Waals surface area contributed by atoms with Gasteiger partial charge in [-0.25, -0.2) is 4.98 Å². The maximum absolute atomic E-state index is 12.5. The van der Waals surface area contributed by atoms with Gasteiger partial charge in [0.15, 0.2) is 0 Å². The third-order valence-corrected chi connectivity index (χ3v) is 4.79. The lowest BCUT2D eigenvalue weighted by Gasteiger charge is -2.30. The number of amides is 1. The monoisotopic (exact) mass is 343 g/mol. The second-order valence-corrected chi connectivity index (χ2v) is 6.93. The van der Waals surface area contributed by atoms with Crippen molar-refractivity contribution in [2.75, 3.05) is 18.4 Å². The maximum Gasteiger partial charge on any atom is 0.272 e. The highest BCUT2D eigenvalue weighted by Crippen LogP contribution is 2.23. The molecule has 126 valence electrons. The minimum Gasteiger partial charge on any atom is -0.354 e. The topological polar surface area (TPSA) is 45.2 Å². The highest BCUT2D eigenvalue weighted by atomic mass is 35.5. The van der Waals surface area contributed by atoms with Gasteiger partial charge in [-0.1, -0.05) is 24.6 Å². The quantitative estimate of drug-likeness (QED) is 0.881. The van der Waals surface area contributed by atoms with Crippen LogP contribution in [-0.2, 0) is 0 Å². The van der Waals surface area contributed by atoms with Gasteiger partial charge in [0.05, 0.1) is 11.9 Å². The summed E-state index contributed by atoms with van der Waals surface area (Å²) >= 11 is 6.14. The molecule has 1 aliphatic heterocycles. The standard InChI is InChI=1S/C19H22ClN3O/c1-13-4-3-9-23(12-13)19(24)18-8-7-16(11-21-18)22-15-6-5-14(2)17(20)10-15/h5-8,10-11,13,22H,3-4,9,12H2,1-2H3. The van der Waals surface area contributed by atoms with Crippen LogP contribution in [0.3, 0.4) is 0 Å². The predicted molar refractivity (Wildman–Crippen MR) is 98.0 cm³/mol. The normalized spacial score (nSPS) is 17.6. The number of hydrogen-bond donors (Lipinski definition) is 1. The van der Waals surface area contributed by atoms with Crippen LogP contribution in [0.5, 0.6) is 0 Å². The Kier molecular flexibility index (Phi) is 5.05. The van der Waals surface area contributed by atoms with Crippen LogP contribution in [0.4, 0.5) is 11.4 Å². The molecule has 4 nitrogen and oxygen atoms in total. The number of rotatable bonds is 3. The molecular formula is C19H22ClN3O. The van der Waals surface area contributed by atoms with E-state index in [-0.39, 0.29) is 5.91 Å². The molecule has 24 heavy (non-hydrogen) atoms. The fourth-order valence-electron chi connectivity index (χ4n) is 2.97. The number of aromatic nitrogens is 1. The lowest BCUT2D eigenvalue weighted by Crippen LogP contribution is -2.39. The van der Waals surface area contributed by atoms with Gasteiger partial charge in [0.25, 0.3) is 5.91 Å². The number of benzene rings is 1. The number of nitrogens with one attached hydrogen (secondary N) is 1. The van der Waals surface area contributed by atoms with Gasteiger partial charge in [0.2, 0.25) is 0 Å². The highest BCUT2D eigenvalue weighted by molar-refractivity contribution is 6.31. The molecule has 1 fully saturated rings. The minimum atomic E-state index is 0.0199. The number of pyridine rings is 1. The molecular weight excluding hydrogens is 322 g/mol. The summed E-state index contributed by atoms with van der Waals surface area (Å²) in [6.45, 7) is 5.80. The van der Waals surface area contributed by atoms with Crippen LogP contribution in [0, 0.1) is 12.8 Å².